The number of benzene rings is 1. The summed E-state index contributed by atoms with van der Waals surface area (Å²) in [7, 11) is 0. The van der Waals surface area contributed by atoms with Crippen molar-refractivity contribution in [3.05, 3.63) is 53.6 Å². The largest absolute Gasteiger partial charge is 0.454 e. The lowest BCUT2D eigenvalue weighted by Gasteiger charge is -2.05. The zero-order chi connectivity index (χ0) is 10.7. The Balaban J connectivity index is 2.26. The summed E-state index contributed by atoms with van der Waals surface area (Å²) in [6.45, 7) is 0. The molecule has 0 saturated carbocycles. The van der Waals surface area contributed by atoms with Crippen LogP contribution in [0.5, 0.6) is 11.5 Å². The van der Waals surface area contributed by atoms with Crippen LogP contribution in [-0.2, 0) is 0 Å². The normalized spacial score (nSPS) is 10.0. The van der Waals surface area contributed by atoms with Crippen LogP contribution in [0.4, 0.5) is 4.39 Å². The van der Waals surface area contributed by atoms with Crippen LogP contribution in [-0.4, -0.2) is 4.98 Å². The van der Waals surface area contributed by atoms with Gasteiger partial charge < -0.3 is 4.74 Å². The molecule has 2 nitrogen and oxygen atoms in total. The Bertz CT molecular complexity index is 476. The van der Waals surface area contributed by atoms with E-state index in [1.165, 1.54) is 24.4 Å². The van der Waals surface area contributed by atoms with Crippen LogP contribution in [0.1, 0.15) is 0 Å². The number of aromatic nitrogens is 1. The Morgan fingerprint density at radius 2 is 2.27 bits per heavy atom. The van der Waals surface area contributed by atoms with Crippen LogP contribution in [0.25, 0.3) is 0 Å². The highest BCUT2D eigenvalue weighted by Crippen LogP contribution is 2.24. The van der Waals surface area contributed by atoms with Gasteiger partial charge in [0.05, 0.1) is 0 Å². The predicted molar refractivity (Wildman–Crippen MR) is 54.6 cm³/mol. The summed E-state index contributed by atoms with van der Waals surface area (Å²) < 4.78 is 18.4. The predicted octanol–water partition coefficient (Wildman–Crippen LogP) is 3.47. The van der Waals surface area contributed by atoms with E-state index < -0.39 is 5.82 Å². The Labute approximate surface area is 91.3 Å². The van der Waals surface area contributed by atoms with E-state index >= 15 is 0 Å². The Morgan fingerprint density at radius 1 is 1.40 bits per heavy atom. The van der Waals surface area contributed by atoms with E-state index in [1.54, 1.807) is 12.1 Å². The number of pyridine rings is 1. The van der Waals surface area contributed by atoms with Gasteiger partial charge in [0, 0.05) is 12.3 Å². The minimum absolute atomic E-state index is 0.135. The van der Waals surface area contributed by atoms with E-state index in [0.717, 1.165) is 0 Å². The molecular weight excluding hydrogens is 217 g/mol. The third-order valence-electron chi connectivity index (χ3n) is 1.70. The van der Waals surface area contributed by atoms with Gasteiger partial charge in [-0.2, -0.15) is 0 Å². The van der Waals surface area contributed by atoms with Crippen molar-refractivity contribution >= 4 is 11.6 Å². The number of ether oxygens (including phenoxy) is 1. The van der Waals surface area contributed by atoms with Gasteiger partial charge in [-0.15, -0.1) is 0 Å². The summed E-state index contributed by atoms with van der Waals surface area (Å²) in [6, 6.07) is 9.98. The molecule has 0 unspecified atom stereocenters. The fraction of sp³-hybridized carbons (Fsp3) is 0. The lowest BCUT2D eigenvalue weighted by atomic mass is 10.3. The van der Waals surface area contributed by atoms with E-state index in [-0.39, 0.29) is 5.75 Å². The summed E-state index contributed by atoms with van der Waals surface area (Å²) in [5, 5.41) is 0.301. The number of hydrogen-bond acceptors (Lipinski definition) is 2. The average Bonchev–Trinajstić information content (AvgIpc) is 2.22. The molecule has 4 heteroatoms. The summed E-state index contributed by atoms with van der Waals surface area (Å²) in [4.78, 5) is 3.79. The molecule has 1 heterocycles. The molecule has 1 radical (unpaired) electrons. The molecular formula is C11H6ClFNO. The highest BCUT2D eigenvalue weighted by molar-refractivity contribution is 6.29. The number of hydrogen-bond donors (Lipinski definition) is 0. The second-order valence-corrected chi connectivity index (χ2v) is 3.16. The molecule has 0 saturated heterocycles. The van der Waals surface area contributed by atoms with Gasteiger partial charge in [0.2, 0.25) is 0 Å². The quantitative estimate of drug-likeness (QED) is 0.726. The second kappa shape index (κ2) is 4.28. The fourth-order valence-electron chi connectivity index (χ4n) is 1.05. The van der Waals surface area contributed by atoms with Crippen LogP contribution in [0, 0.1) is 11.9 Å². The van der Waals surface area contributed by atoms with Crippen molar-refractivity contribution in [2.24, 2.45) is 0 Å². The van der Waals surface area contributed by atoms with Crippen LogP contribution in [0.3, 0.4) is 0 Å². The van der Waals surface area contributed by atoms with Crippen molar-refractivity contribution in [2.75, 3.05) is 0 Å². The second-order valence-electron chi connectivity index (χ2n) is 2.77. The maximum absolute atomic E-state index is 13.2. The van der Waals surface area contributed by atoms with Gasteiger partial charge in [-0.1, -0.05) is 17.7 Å². The molecule has 15 heavy (non-hydrogen) atoms. The van der Waals surface area contributed by atoms with Crippen LogP contribution in [0.15, 0.2) is 36.5 Å². The van der Waals surface area contributed by atoms with Crippen molar-refractivity contribution in [1.29, 1.82) is 0 Å². The van der Waals surface area contributed by atoms with Gasteiger partial charge >= 0.3 is 0 Å². The zero-order valence-electron chi connectivity index (χ0n) is 7.58. The van der Waals surface area contributed by atoms with Gasteiger partial charge in [0.1, 0.15) is 10.9 Å². The minimum Gasteiger partial charge on any atom is -0.454 e. The molecule has 75 valence electrons. The number of nitrogens with zero attached hydrogens (tertiary/aromatic N) is 1. The smallest absolute Gasteiger partial charge is 0.166 e. The van der Waals surface area contributed by atoms with Crippen molar-refractivity contribution in [3.8, 4) is 11.5 Å². The van der Waals surface area contributed by atoms with Crippen molar-refractivity contribution < 1.29 is 9.13 Å². The Hall–Kier alpha value is -1.61. The van der Waals surface area contributed by atoms with Crippen molar-refractivity contribution in [1.82, 2.24) is 4.98 Å². The average molecular weight is 223 g/mol. The molecule has 0 fully saturated rings. The third-order valence-corrected chi connectivity index (χ3v) is 1.91. The highest BCUT2D eigenvalue weighted by atomic mass is 35.5. The van der Waals surface area contributed by atoms with Gasteiger partial charge in [-0.05, 0) is 24.3 Å². The summed E-state index contributed by atoms with van der Waals surface area (Å²) in [5.41, 5.74) is 0. The molecule has 0 aliphatic carbocycles. The molecule has 0 bridgehead atoms. The topological polar surface area (TPSA) is 22.1 Å². The zero-order valence-corrected chi connectivity index (χ0v) is 8.33. The van der Waals surface area contributed by atoms with Crippen molar-refractivity contribution in [2.45, 2.75) is 0 Å². The molecule has 0 spiro atoms. The van der Waals surface area contributed by atoms with E-state index in [0.29, 0.717) is 10.9 Å². The van der Waals surface area contributed by atoms with E-state index in [4.69, 9.17) is 16.3 Å². The number of halogens is 2. The molecule has 2 aromatic rings. The van der Waals surface area contributed by atoms with Crippen LogP contribution >= 0.6 is 11.6 Å². The van der Waals surface area contributed by atoms with Gasteiger partial charge in [0.15, 0.2) is 11.6 Å². The number of rotatable bonds is 2. The molecule has 0 N–H and O–H groups in total. The lowest BCUT2D eigenvalue weighted by molar-refractivity contribution is 0.441. The van der Waals surface area contributed by atoms with E-state index in [1.807, 2.05) is 0 Å². The standard InChI is InChI=1S/C11H6ClFNO/c12-11-7-8(5-6-14-11)15-10-4-2-1-3-9(10)13/h2-7H. The molecule has 1 aromatic carbocycles. The Morgan fingerprint density at radius 3 is 3.00 bits per heavy atom. The first-order valence-corrected chi connectivity index (χ1v) is 4.58. The maximum atomic E-state index is 13.2. The van der Waals surface area contributed by atoms with E-state index in [2.05, 4.69) is 11.1 Å². The van der Waals surface area contributed by atoms with E-state index in [9.17, 15) is 4.39 Å². The maximum Gasteiger partial charge on any atom is 0.166 e. The van der Waals surface area contributed by atoms with Gasteiger partial charge in [0.25, 0.3) is 0 Å². The molecule has 2 rings (SSSR count). The molecule has 0 atom stereocenters. The first-order valence-electron chi connectivity index (χ1n) is 4.21. The SMILES string of the molecule is Fc1c[c]ccc1Oc1ccnc(Cl)c1. The van der Waals surface area contributed by atoms with Crippen LogP contribution in [0.2, 0.25) is 5.15 Å². The summed E-state index contributed by atoms with van der Waals surface area (Å²) in [6.07, 6.45) is 1.49. The molecule has 0 amide bonds. The summed E-state index contributed by atoms with van der Waals surface area (Å²) >= 11 is 5.66. The first kappa shape index (κ1) is 9.93. The first-order chi connectivity index (χ1) is 7.25. The molecule has 1 aromatic heterocycles. The van der Waals surface area contributed by atoms with Crippen LogP contribution < -0.4 is 4.74 Å². The molecule has 0 aliphatic rings. The van der Waals surface area contributed by atoms with Crippen molar-refractivity contribution in [3.63, 3.8) is 0 Å². The van der Waals surface area contributed by atoms with Gasteiger partial charge in [-0.3, -0.25) is 0 Å². The highest BCUT2D eigenvalue weighted by Gasteiger charge is 2.03. The summed E-state index contributed by atoms with van der Waals surface area (Å²) in [5.74, 6) is 0.113. The molecule has 0 aliphatic heterocycles. The monoisotopic (exact) mass is 222 g/mol. The Kier molecular flexibility index (Phi) is 2.83. The fourth-order valence-corrected chi connectivity index (χ4v) is 1.22. The lowest BCUT2D eigenvalue weighted by Crippen LogP contribution is -1.88. The third kappa shape index (κ3) is 2.44. The van der Waals surface area contributed by atoms with Gasteiger partial charge in [-0.25, -0.2) is 9.37 Å². The minimum atomic E-state index is -0.467.